The third-order valence-corrected chi connectivity index (χ3v) is 4.25. The highest BCUT2D eigenvalue weighted by Gasteiger charge is 2.14. The minimum atomic E-state index is -0.0912. The second-order valence-corrected chi connectivity index (χ2v) is 6.41. The van der Waals surface area contributed by atoms with Gasteiger partial charge in [0, 0.05) is 30.7 Å². The smallest absolute Gasteiger partial charge is 0.224 e. The van der Waals surface area contributed by atoms with Crippen LogP contribution in [0.5, 0.6) is 5.75 Å². The fourth-order valence-electron chi connectivity index (χ4n) is 2.67. The molecule has 2 amide bonds. The van der Waals surface area contributed by atoms with Crippen LogP contribution in [-0.4, -0.2) is 32.0 Å². The van der Waals surface area contributed by atoms with Crippen molar-refractivity contribution in [1.82, 2.24) is 5.32 Å². The van der Waals surface area contributed by atoms with Gasteiger partial charge < -0.3 is 15.0 Å². The molecule has 0 saturated heterocycles. The van der Waals surface area contributed by atoms with Gasteiger partial charge in [-0.1, -0.05) is 23.7 Å². The number of benzene rings is 2. The second-order valence-electron chi connectivity index (χ2n) is 5.98. The molecule has 0 radical (unpaired) electrons. The number of halogens is 1. The monoisotopic (exact) mass is 374 g/mol. The van der Waals surface area contributed by atoms with E-state index in [2.05, 4.69) is 5.32 Å². The highest BCUT2D eigenvalue weighted by atomic mass is 35.5. The lowest BCUT2D eigenvalue weighted by molar-refractivity contribution is -0.121. The van der Waals surface area contributed by atoms with Crippen molar-refractivity contribution in [1.29, 1.82) is 0 Å². The number of amides is 2. The van der Waals surface area contributed by atoms with Gasteiger partial charge in [-0.15, -0.1) is 0 Å². The summed E-state index contributed by atoms with van der Waals surface area (Å²) in [7, 11) is 1.60. The van der Waals surface area contributed by atoms with Crippen LogP contribution in [0.4, 0.5) is 5.69 Å². The molecule has 0 unspecified atom stereocenters. The summed E-state index contributed by atoms with van der Waals surface area (Å²) in [5.41, 5.74) is 2.61. The third-order valence-electron chi connectivity index (χ3n) is 4.01. The zero-order chi connectivity index (χ0) is 19.1. The van der Waals surface area contributed by atoms with Gasteiger partial charge in [0.05, 0.1) is 13.5 Å². The van der Waals surface area contributed by atoms with E-state index < -0.39 is 0 Å². The minimum Gasteiger partial charge on any atom is -0.497 e. The van der Waals surface area contributed by atoms with E-state index in [0.29, 0.717) is 18.1 Å². The van der Waals surface area contributed by atoms with Crippen LogP contribution in [0.2, 0.25) is 5.02 Å². The predicted molar refractivity (Wildman–Crippen MR) is 104 cm³/mol. The first-order chi connectivity index (χ1) is 12.4. The predicted octanol–water partition coefficient (Wildman–Crippen LogP) is 3.37. The Morgan fingerprint density at radius 1 is 1.15 bits per heavy atom. The van der Waals surface area contributed by atoms with E-state index in [-0.39, 0.29) is 18.2 Å². The summed E-state index contributed by atoms with van der Waals surface area (Å²) < 4.78 is 5.10. The molecule has 0 heterocycles. The van der Waals surface area contributed by atoms with Gasteiger partial charge in [-0.3, -0.25) is 9.59 Å². The number of hydrogen-bond donors (Lipinski definition) is 1. The number of hydrogen-bond acceptors (Lipinski definition) is 3. The second kappa shape index (κ2) is 9.25. The largest absolute Gasteiger partial charge is 0.497 e. The van der Waals surface area contributed by atoms with Crippen LogP contribution < -0.4 is 15.0 Å². The lowest BCUT2D eigenvalue weighted by Gasteiger charge is -2.23. The molecule has 138 valence electrons. The number of methoxy groups -OCH3 is 1. The van der Waals surface area contributed by atoms with Crippen LogP contribution in [0.1, 0.15) is 18.1 Å². The van der Waals surface area contributed by atoms with Gasteiger partial charge in [-0.05, 0) is 48.4 Å². The highest BCUT2D eigenvalue weighted by molar-refractivity contribution is 6.30. The Labute approximate surface area is 158 Å². The van der Waals surface area contributed by atoms with Gasteiger partial charge in [0.1, 0.15) is 5.75 Å². The Morgan fingerprint density at radius 3 is 2.42 bits per heavy atom. The maximum Gasteiger partial charge on any atom is 0.224 e. The van der Waals surface area contributed by atoms with E-state index in [0.717, 1.165) is 22.6 Å². The van der Waals surface area contributed by atoms with Crippen molar-refractivity contribution in [2.75, 3.05) is 25.1 Å². The van der Waals surface area contributed by atoms with E-state index in [4.69, 9.17) is 16.3 Å². The fourth-order valence-corrected chi connectivity index (χ4v) is 2.89. The number of rotatable bonds is 7. The van der Waals surface area contributed by atoms with Crippen LogP contribution in [0.15, 0.2) is 42.5 Å². The van der Waals surface area contributed by atoms with Crippen LogP contribution in [0.3, 0.4) is 0 Å². The van der Waals surface area contributed by atoms with E-state index in [1.807, 2.05) is 43.3 Å². The standard InChI is InChI=1S/C20H23ClN2O3/c1-14-12-17(21)6-9-19(14)23(15(2)24)11-10-22-20(25)13-16-4-7-18(26-3)8-5-16/h4-9,12H,10-11,13H2,1-3H3,(H,22,25). The van der Waals surface area contributed by atoms with Crippen molar-refractivity contribution in [3.8, 4) is 5.75 Å². The molecule has 0 saturated carbocycles. The first-order valence-corrected chi connectivity index (χ1v) is 8.72. The number of ether oxygens (including phenoxy) is 1. The molecule has 2 aromatic carbocycles. The molecule has 2 rings (SSSR count). The Morgan fingerprint density at radius 2 is 1.85 bits per heavy atom. The topological polar surface area (TPSA) is 58.6 Å². The average Bonchev–Trinajstić information content (AvgIpc) is 2.60. The van der Waals surface area contributed by atoms with Crippen molar-refractivity contribution >= 4 is 29.1 Å². The molecule has 1 N–H and O–H groups in total. The van der Waals surface area contributed by atoms with Crippen LogP contribution in [0.25, 0.3) is 0 Å². The first-order valence-electron chi connectivity index (χ1n) is 8.34. The van der Waals surface area contributed by atoms with Gasteiger partial charge in [-0.25, -0.2) is 0 Å². The number of aryl methyl sites for hydroxylation is 1. The van der Waals surface area contributed by atoms with Crippen molar-refractivity contribution in [3.63, 3.8) is 0 Å². The molecule has 2 aromatic rings. The molecule has 0 fully saturated rings. The summed E-state index contributed by atoms with van der Waals surface area (Å²) in [6, 6.07) is 12.7. The normalized spacial score (nSPS) is 10.3. The molecule has 0 aromatic heterocycles. The highest BCUT2D eigenvalue weighted by Crippen LogP contribution is 2.23. The summed E-state index contributed by atoms with van der Waals surface area (Å²) in [5, 5.41) is 3.48. The maximum atomic E-state index is 12.1. The molecular formula is C20H23ClN2O3. The third kappa shape index (κ3) is 5.49. The number of carbonyl (C=O) groups excluding carboxylic acids is 2. The number of anilines is 1. The molecule has 0 atom stereocenters. The minimum absolute atomic E-state index is 0.0835. The summed E-state index contributed by atoms with van der Waals surface area (Å²) >= 11 is 5.97. The van der Waals surface area contributed by atoms with E-state index in [1.165, 1.54) is 6.92 Å². The molecule has 26 heavy (non-hydrogen) atoms. The van der Waals surface area contributed by atoms with E-state index >= 15 is 0 Å². The van der Waals surface area contributed by atoms with Crippen LogP contribution in [-0.2, 0) is 16.0 Å². The summed E-state index contributed by atoms with van der Waals surface area (Å²) in [5.74, 6) is 0.580. The zero-order valence-electron chi connectivity index (χ0n) is 15.2. The number of nitrogens with zero attached hydrogens (tertiary/aromatic N) is 1. The molecule has 0 aliphatic carbocycles. The van der Waals surface area contributed by atoms with Crippen LogP contribution >= 0.6 is 11.6 Å². The lowest BCUT2D eigenvalue weighted by atomic mass is 10.1. The fraction of sp³-hybridized carbons (Fsp3) is 0.300. The van der Waals surface area contributed by atoms with Gasteiger partial charge in [0.2, 0.25) is 11.8 Å². The summed E-state index contributed by atoms with van der Waals surface area (Å²) in [6.45, 7) is 4.18. The molecule has 0 aliphatic heterocycles. The Bertz CT molecular complexity index is 775. The Kier molecular flexibility index (Phi) is 7.04. The quantitative estimate of drug-likeness (QED) is 0.808. The summed E-state index contributed by atoms with van der Waals surface area (Å²) in [4.78, 5) is 25.7. The Balaban J connectivity index is 1.90. The number of nitrogens with one attached hydrogen (secondary N) is 1. The average molecular weight is 375 g/mol. The van der Waals surface area contributed by atoms with Gasteiger partial charge in [0.25, 0.3) is 0 Å². The van der Waals surface area contributed by atoms with Gasteiger partial charge in [0.15, 0.2) is 0 Å². The Hall–Kier alpha value is -2.53. The molecule has 0 bridgehead atoms. The molecule has 5 nitrogen and oxygen atoms in total. The van der Waals surface area contributed by atoms with Crippen molar-refractivity contribution in [2.45, 2.75) is 20.3 Å². The van der Waals surface area contributed by atoms with Crippen molar-refractivity contribution < 1.29 is 14.3 Å². The molecule has 6 heteroatoms. The van der Waals surface area contributed by atoms with Crippen LogP contribution in [0, 0.1) is 6.92 Å². The van der Waals surface area contributed by atoms with Crippen molar-refractivity contribution in [3.05, 3.63) is 58.6 Å². The summed E-state index contributed by atoms with van der Waals surface area (Å²) in [6.07, 6.45) is 0.282. The SMILES string of the molecule is COc1ccc(CC(=O)NCCN(C(C)=O)c2ccc(Cl)cc2C)cc1. The molecular weight excluding hydrogens is 352 g/mol. The molecule has 0 aliphatic rings. The van der Waals surface area contributed by atoms with E-state index in [1.54, 1.807) is 18.1 Å². The van der Waals surface area contributed by atoms with Gasteiger partial charge >= 0.3 is 0 Å². The van der Waals surface area contributed by atoms with Gasteiger partial charge in [-0.2, -0.15) is 0 Å². The first kappa shape index (κ1) is 19.8. The molecule has 0 spiro atoms. The zero-order valence-corrected chi connectivity index (χ0v) is 16.0. The maximum absolute atomic E-state index is 12.1. The van der Waals surface area contributed by atoms with E-state index in [9.17, 15) is 9.59 Å². The number of carbonyl (C=O) groups is 2. The lowest BCUT2D eigenvalue weighted by Crippen LogP contribution is -2.38. The van der Waals surface area contributed by atoms with Crippen molar-refractivity contribution in [2.24, 2.45) is 0 Å².